The summed E-state index contributed by atoms with van der Waals surface area (Å²) in [6.07, 6.45) is 3.66. The largest absolute Gasteiger partial charge is 0.358 e. The molecule has 8 heteroatoms. The smallest absolute Gasteiger partial charge is 0.240 e. The number of imide groups is 1. The lowest BCUT2D eigenvalue weighted by Gasteiger charge is -2.35. The SMILES string of the molecule is O=C(c1ccc(Cl)cc1Cl)[C@@H]1[C@@H]2C(=O)N(c3ccc(F)cc3)C(=O)[C@@H]2C2c3ccccc3C=CN21. The summed E-state index contributed by atoms with van der Waals surface area (Å²) < 4.78 is 13.5. The topological polar surface area (TPSA) is 57.7 Å². The van der Waals surface area contributed by atoms with Gasteiger partial charge in [-0.15, -0.1) is 0 Å². The highest BCUT2D eigenvalue weighted by Crippen LogP contribution is 2.53. The predicted octanol–water partition coefficient (Wildman–Crippen LogP) is 5.53. The monoisotopic (exact) mass is 506 g/mol. The van der Waals surface area contributed by atoms with Crippen LogP contribution in [0.4, 0.5) is 10.1 Å². The van der Waals surface area contributed by atoms with Crippen LogP contribution in [0, 0.1) is 17.7 Å². The van der Waals surface area contributed by atoms with Gasteiger partial charge in [0.15, 0.2) is 5.78 Å². The van der Waals surface area contributed by atoms with Crippen LogP contribution in [-0.2, 0) is 9.59 Å². The van der Waals surface area contributed by atoms with Crippen molar-refractivity contribution in [3.8, 4) is 0 Å². The number of hydrogen-bond donors (Lipinski definition) is 0. The maximum absolute atomic E-state index is 13.9. The van der Waals surface area contributed by atoms with Gasteiger partial charge in [-0.2, -0.15) is 0 Å². The van der Waals surface area contributed by atoms with Gasteiger partial charge in [0.2, 0.25) is 11.8 Å². The molecule has 0 aliphatic carbocycles. The second kappa shape index (κ2) is 8.04. The van der Waals surface area contributed by atoms with Crippen molar-refractivity contribution in [2.75, 3.05) is 4.90 Å². The first kappa shape index (κ1) is 22.0. The van der Waals surface area contributed by atoms with Gasteiger partial charge in [-0.25, -0.2) is 9.29 Å². The summed E-state index contributed by atoms with van der Waals surface area (Å²) in [5, 5.41) is 0.561. The van der Waals surface area contributed by atoms with E-state index in [2.05, 4.69) is 0 Å². The normalized spacial score (nSPS) is 24.4. The van der Waals surface area contributed by atoms with Crippen molar-refractivity contribution in [2.45, 2.75) is 12.1 Å². The lowest BCUT2D eigenvalue weighted by atomic mass is 9.83. The van der Waals surface area contributed by atoms with Gasteiger partial charge in [0, 0.05) is 16.8 Å². The standard InChI is InChI=1S/C27H17Cl2FN2O3/c28-15-5-10-19(20(29)13-15)25(33)24-22-21(23-18-4-2-1-3-14(18)11-12-31(23)24)26(34)32(27(22)35)17-8-6-16(30)7-9-17/h1-13,21-24H/t21-,22+,23?,24-/m0/s1. The molecule has 3 heterocycles. The van der Waals surface area contributed by atoms with Crippen LogP contribution in [0.25, 0.3) is 6.08 Å². The minimum absolute atomic E-state index is 0.177. The van der Waals surface area contributed by atoms with E-state index in [4.69, 9.17) is 23.2 Å². The Labute approximate surface area is 210 Å². The van der Waals surface area contributed by atoms with Gasteiger partial charge < -0.3 is 4.90 Å². The highest BCUT2D eigenvalue weighted by molar-refractivity contribution is 6.37. The van der Waals surface area contributed by atoms with E-state index >= 15 is 0 Å². The molecule has 2 amide bonds. The Morgan fingerprint density at radius 3 is 2.34 bits per heavy atom. The van der Waals surface area contributed by atoms with Crippen LogP contribution in [0.3, 0.4) is 0 Å². The van der Waals surface area contributed by atoms with Gasteiger partial charge in [-0.3, -0.25) is 14.4 Å². The number of anilines is 1. The Morgan fingerprint density at radius 1 is 0.886 bits per heavy atom. The molecule has 174 valence electrons. The average Bonchev–Trinajstić information content (AvgIpc) is 3.32. The lowest BCUT2D eigenvalue weighted by Crippen LogP contribution is -2.44. The van der Waals surface area contributed by atoms with Gasteiger partial charge in [-0.1, -0.05) is 47.5 Å². The molecule has 0 bridgehead atoms. The zero-order valence-corrected chi connectivity index (χ0v) is 19.6. The van der Waals surface area contributed by atoms with Crippen LogP contribution in [0.15, 0.2) is 72.9 Å². The quantitative estimate of drug-likeness (QED) is 0.346. The molecule has 0 N–H and O–H groups in total. The highest BCUT2D eigenvalue weighted by Gasteiger charge is 2.64. The molecule has 6 rings (SSSR count). The minimum atomic E-state index is -0.949. The molecule has 35 heavy (non-hydrogen) atoms. The van der Waals surface area contributed by atoms with Gasteiger partial charge in [0.05, 0.1) is 28.6 Å². The number of hydrogen-bond acceptors (Lipinski definition) is 4. The summed E-state index contributed by atoms with van der Waals surface area (Å²) in [4.78, 5) is 44.3. The molecule has 4 atom stereocenters. The third-order valence-electron chi connectivity index (χ3n) is 7.01. The number of ketones is 1. The first-order valence-electron chi connectivity index (χ1n) is 11.0. The van der Waals surface area contributed by atoms with Gasteiger partial charge in [0.1, 0.15) is 11.9 Å². The van der Waals surface area contributed by atoms with E-state index in [-0.39, 0.29) is 22.1 Å². The zero-order chi connectivity index (χ0) is 24.4. The van der Waals surface area contributed by atoms with Crippen molar-refractivity contribution in [1.29, 1.82) is 0 Å². The van der Waals surface area contributed by atoms with Crippen LogP contribution >= 0.6 is 23.2 Å². The first-order chi connectivity index (χ1) is 16.9. The molecule has 3 aliphatic rings. The molecule has 1 unspecified atom stereocenters. The number of fused-ring (bicyclic) bond motifs is 5. The van der Waals surface area contributed by atoms with Crippen molar-refractivity contribution in [3.63, 3.8) is 0 Å². The number of halogens is 3. The number of nitrogens with zero attached hydrogens (tertiary/aromatic N) is 2. The molecule has 0 saturated carbocycles. The van der Waals surface area contributed by atoms with Gasteiger partial charge in [-0.05, 0) is 59.7 Å². The van der Waals surface area contributed by atoms with Crippen molar-refractivity contribution >= 4 is 52.6 Å². The van der Waals surface area contributed by atoms with Gasteiger partial charge in [0.25, 0.3) is 0 Å². The van der Waals surface area contributed by atoms with Crippen molar-refractivity contribution in [1.82, 2.24) is 4.90 Å². The highest BCUT2D eigenvalue weighted by atomic mass is 35.5. The Bertz CT molecular complexity index is 1440. The van der Waals surface area contributed by atoms with Crippen LogP contribution < -0.4 is 4.90 Å². The molecule has 2 fully saturated rings. The maximum atomic E-state index is 13.9. The number of Topliss-reactive ketones (excluding diaryl/α,β-unsaturated/α-hetero) is 1. The Morgan fingerprint density at radius 2 is 1.60 bits per heavy atom. The summed E-state index contributed by atoms with van der Waals surface area (Å²) in [5.74, 6) is -3.47. The summed E-state index contributed by atoms with van der Waals surface area (Å²) >= 11 is 12.4. The summed E-state index contributed by atoms with van der Waals surface area (Å²) in [6.45, 7) is 0. The third-order valence-corrected chi connectivity index (χ3v) is 7.56. The van der Waals surface area contributed by atoms with Crippen molar-refractivity contribution < 1.29 is 18.8 Å². The minimum Gasteiger partial charge on any atom is -0.358 e. The lowest BCUT2D eigenvalue weighted by molar-refractivity contribution is -0.123. The second-order valence-electron chi connectivity index (χ2n) is 8.81. The Kier molecular flexibility index (Phi) is 5.06. The number of amides is 2. The van der Waals surface area contributed by atoms with E-state index in [1.165, 1.54) is 36.4 Å². The molecule has 3 aromatic rings. The van der Waals surface area contributed by atoms with Crippen LogP contribution in [0.2, 0.25) is 10.0 Å². The molecule has 3 aromatic carbocycles. The Balaban J connectivity index is 1.50. The molecule has 3 aliphatic heterocycles. The van der Waals surface area contributed by atoms with E-state index in [0.717, 1.165) is 16.0 Å². The molecule has 0 aromatic heterocycles. The number of benzene rings is 3. The van der Waals surface area contributed by atoms with Crippen LogP contribution in [-0.4, -0.2) is 28.5 Å². The number of rotatable bonds is 3. The maximum Gasteiger partial charge on any atom is 0.240 e. The Hall–Kier alpha value is -3.48. The fourth-order valence-electron chi connectivity index (χ4n) is 5.55. The van der Waals surface area contributed by atoms with E-state index in [9.17, 15) is 18.8 Å². The van der Waals surface area contributed by atoms with E-state index in [0.29, 0.717) is 5.02 Å². The fourth-order valence-corrected chi connectivity index (χ4v) is 6.05. The zero-order valence-electron chi connectivity index (χ0n) is 18.1. The molecule has 5 nitrogen and oxygen atoms in total. The average molecular weight is 507 g/mol. The molecular weight excluding hydrogens is 490 g/mol. The summed E-state index contributed by atoms with van der Waals surface area (Å²) in [7, 11) is 0. The fraction of sp³-hybridized carbons (Fsp3) is 0.148. The number of carbonyl (C=O) groups excluding carboxylic acids is 3. The number of carbonyl (C=O) groups is 3. The van der Waals surface area contributed by atoms with Crippen molar-refractivity contribution in [2.24, 2.45) is 11.8 Å². The third kappa shape index (κ3) is 3.24. The molecule has 2 saturated heterocycles. The second-order valence-corrected chi connectivity index (χ2v) is 9.65. The van der Waals surface area contributed by atoms with E-state index in [1.807, 2.05) is 35.2 Å². The van der Waals surface area contributed by atoms with E-state index < -0.39 is 41.6 Å². The first-order valence-corrected chi connectivity index (χ1v) is 11.8. The summed E-state index contributed by atoms with van der Waals surface area (Å²) in [5.41, 5.74) is 2.29. The molecule has 0 radical (unpaired) electrons. The van der Waals surface area contributed by atoms with Gasteiger partial charge >= 0.3 is 0 Å². The van der Waals surface area contributed by atoms with Crippen molar-refractivity contribution in [3.05, 3.63) is 105 Å². The molecular formula is C27H17Cl2FN2O3. The molecule has 0 spiro atoms. The van der Waals surface area contributed by atoms with Crippen LogP contribution in [0.1, 0.15) is 27.5 Å². The van der Waals surface area contributed by atoms with E-state index in [1.54, 1.807) is 12.3 Å². The summed E-state index contributed by atoms with van der Waals surface area (Å²) in [6, 6.07) is 15.9. The predicted molar refractivity (Wildman–Crippen MR) is 131 cm³/mol. The van der Waals surface area contributed by atoms with Crippen LogP contribution in [0.5, 0.6) is 0 Å².